The quantitative estimate of drug-likeness (QED) is 0.634. The molecule has 0 saturated carbocycles. The molecule has 32 heavy (non-hydrogen) atoms. The Labute approximate surface area is 185 Å². The van der Waals surface area contributed by atoms with E-state index in [0.29, 0.717) is 48.3 Å². The van der Waals surface area contributed by atoms with E-state index < -0.39 is 0 Å². The zero-order chi connectivity index (χ0) is 22.7. The van der Waals surface area contributed by atoms with E-state index in [2.05, 4.69) is 15.3 Å². The van der Waals surface area contributed by atoms with Crippen LogP contribution in [0.5, 0.6) is 5.75 Å². The molecule has 0 radical (unpaired) electrons. The number of pyridine rings is 1. The molecule has 1 aromatic carbocycles. The van der Waals surface area contributed by atoms with Gasteiger partial charge in [0.25, 0.3) is 5.56 Å². The molecule has 4 rings (SSSR count). The van der Waals surface area contributed by atoms with Crippen molar-refractivity contribution in [3.63, 3.8) is 0 Å². The lowest BCUT2D eigenvalue weighted by atomic mass is 10.1. The highest BCUT2D eigenvalue weighted by atomic mass is 16.5. The number of aromatic amines is 1. The number of nitrogens with one attached hydrogen (secondary N) is 2. The molecule has 1 saturated heterocycles. The summed E-state index contributed by atoms with van der Waals surface area (Å²) >= 11 is 0. The summed E-state index contributed by atoms with van der Waals surface area (Å²) in [5.74, 6) is 0.990. The first-order valence-corrected chi connectivity index (χ1v) is 10.3. The Morgan fingerprint density at radius 2 is 2.06 bits per heavy atom. The standard InChI is InChI=1S/C23H25N5O4/c1-14-21(16-6-8-24-9-7-16)26-23(27-22(14)30)28-10-11-32-20(13-28)18-12-17(25-15(2)29)4-5-19(18)31-3/h4-9,12,20H,10-11,13H2,1-3H3,(H,25,29)(H,26,27,30)/t20-/m1/s1. The summed E-state index contributed by atoms with van der Waals surface area (Å²) < 4.78 is 11.5. The molecular weight excluding hydrogens is 410 g/mol. The van der Waals surface area contributed by atoms with Crippen LogP contribution in [0.25, 0.3) is 11.3 Å². The van der Waals surface area contributed by atoms with Crippen LogP contribution in [0.2, 0.25) is 0 Å². The third kappa shape index (κ3) is 4.47. The smallest absolute Gasteiger partial charge is 0.255 e. The molecule has 2 aromatic heterocycles. The summed E-state index contributed by atoms with van der Waals surface area (Å²) in [4.78, 5) is 37.8. The summed E-state index contributed by atoms with van der Waals surface area (Å²) in [6, 6.07) is 9.10. The van der Waals surface area contributed by atoms with Gasteiger partial charge in [0, 0.05) is 48.2 Å². The molecule has 9 heteroatoms. The Morgan fingerprint density at radius 3 is 2.78 bits per heavy atom. The Morgan fingerprint density at radius 1 is 1.28 bits per heavy atom. The number of carbonyl (C=O) groups is 1. The lowest BCUT2D eigenvalue weighted by molar-refractivity contribution is -0.114. The molecule has 1 fully saturated rings. The maximum absolute atomic E-state index is 12.6. The number of hydrogen-bond donors (Lipinski definition) is 2. The van der Waals surface area contributed by atoms with E-state index in [-0.39, 0.29) is 17.6 Å². The molecule has 9 nitrogen and oxygen atoms in total. The molecule has 0 aliphatic carbocycles. The first-order valence-electron chi connectivity index (χ1n) is 10.3. The van der Waals surface area contributed by atoms with Crippen molar-refractivity contribution in [1.82, 2.24) is 15.0 Å². The van der Waals surface area contributed by atoms with E-state index in [1.54, 1.807) is 38.6 Å². The number of amides is 1. The van der Waals surface area contributed by atoms with Gasteiger partial charge < -0.3 is 19.7 Å². The molecular formula is C23H25N5O4. The lowest BCUT2D eigenvalue weighted by Crippen LogP contribution is -2.40. The van der Waals surface area contributed by atoms with Gasteiger partial charge in [-0.25, -0.2) is 4.98 Å². The van der Waals surface area contributed by atoms with Crippen LogP contribution in [0, 0.1) is 6.92 Å². The van der Waals surface area contributed by atoms with Crippen molar-refractivity contribution in [3.05, 3.63) is 64.2 Å². The van der Waals surface area contributed by atoms with Crippen molar-refractivity contribution >= 4 is 17.5 Å². The number of ether oxygens (including phenoxy) is 2. The first kappa shape index (κ1) is 21.5. The van der Waals surface area contributed by atoms with Crippen molar-refractivity contribution < 1.29 is 14.3 Å². The van der Waals surface area contributed by atoms with E-state index in [0.717, 1.165) is 11.1 Å². The van der Waals surface area contributed by atoms with Gasteiger partial charge in [-0.2, -0.15) is 0 Å². The minimum absolute atomic E-state index is 0.155. The molecule has 0 spiro atoms. The largest absolute Gasteiger partial charge is 0.496 e. The molecule has 166 valence electrons. The van der Waals surface area contributed by atoms with Crippen LogP contribution in [0.4, 0.5) is 11.6 Å². The average molecular weight is 435 g/mol. The highest BCUT2D eigenvalue weighted by Gasteiger charge is 2.27. The zero-order valence-electron chi connectivity index (χ0n) is 18.2. The molecule has 1 aliphatic heterocycles. The summed E-state index contributed by atoms with van der Waals surface area (Å²) in [6.07, 6.45) is 3.02. The number of carbonyl (C=O) groups excluding carboxylic acids is 1. The highest BCUT2D eigenvalue weighted by molar-refractivity contribution is 5.88. The summed E-state index contributed by atoms with van der Waals surface area (Å²) in [5.41, 5.74) is 3.30. The maximum atomic E-state index is 12.6. The number of hydrogen-bond acceptors (Lipinski definition) is 7. The highest BCUT2D eigenvalue weighted by Crippen LogP contribution is 2.33. The van der Waals surface area contributed by atoms with Crippen molar-refractivity contribution in [3.8, 4) is 17.0 Å². The van der Waals surface area contributed by atoms with Gasteiger partial charge in [0.05, 0.1) is 26.0 Å². The lowest BCUT2D eigenvalue weighted by Gasteiger charge is -2.34. The van der Waals surface area contributed by atoms with Crippen LogP contribution < -0.4 is 20.5 Å². The molecule has 3 heterocycles. The number of aromatic nitrogens is 3. The monoisotopic (exact) mass is 435 g/mol. The predicted octanol–water partition coefficient (Wildman–Crippen LogP) is 2.69. The van der Waals surface area contributed by atoms with Crippen LogP contribution in [0.3, 0.4) is 0 Å². The van der Waals surface area contributed by atoms with E-state index in [4.69, 9.17) is 14.5 Å². The minimum Gasteiger partial charge on any atom is -0.496 e. The number of H-pyrrole nitrogens is 1. The van der Waals surface area contributed by atoms with Crippen molar-refractivity contribution in [2.75, 3.05) is 37.0 Å². The van der Waals surface area contributed by atoms with E-state index in [1.807, 2.05) is 23.1 Å². The number of anilines is 2. The molecule has 1 amide bonds. The molecule has 1 aliphatic rings. The van der Waals surface area contributed by atoms with Gasteiger partial charge in [-0.1, -0.05) is 0 Å². The van der Waals surface area contributed by atoms with Crippen molar-refractivity contribution in [1.29, 1.82) is 0 Å². The van der Waals surface area contributed by atoms with E-state index >= 15 is 0 Å². The Balaban J connectivity index is 1.66. The van der Waals surface area contributed by atoms with Gasteiger partial charge in [-0.05, 0) is 37.3 Å². The molecule has 1 atom stereocenters. The molecule has 0 unspecified atom stereocenters. The number of rotatable bonds is 5. The number of benzene rings is 1. The van der Waals surface area contributed by atoms with Crippen LogP contribution in [-0.2, 0) is 9.53 Å². The fourth-order valence-corrected chi connectivity index (χ4v) is 3.76. The van der Waals surface area contributed by atoms with Gasteiger partial charge in [-0.15, -0.1) is 0 Å². The Bertz CT molecular complexity index is 1180. The Kier molecular flexibility index (Phi) is 6.18. The fourth-order valence-electron chi connectivity index (χ4n) is 3.76. The number of methoxy groups -OCH3 is 1. The van der Waals surface area contributed by atoms with Gasteiger partial charge in [-0.3, -0.25) is 19.6 Å². The van der Waals surface area contributed by atoms with Crippen LogP contribution in [0.1, 0.15) is 24.2 Å². The van der Waals surface area contributed by atoms with Gasteiger partial charge in [0.15, 0.2) is 0 Å². The van der Waals surface area contributed by atoms with Crippen molar-refractivity contribution in [2.24, 2.45) is 0 Å². The van der Waals surface area contributed by atoms with Crippen LogP contribution in [-0.4, -0.2) is 47.7 Å². The average Bonchev–Trinajstić information content (AvgIpc) is 2.81. The second-order valence-corrected chi connectivity index (χ2v) is 7.54. The SMILES string of the molecule is COc1ccc(NC(C)=O)cc1[C@H]1CN(c2nc(-c3ccncc3)c(C)c(=O)[nH]2)CCO1. The van der Waals surface area contributed by atoms with Crippen molar-refractivity contribution in [2.45, 2.75) is 20.0 Å². The van der Waals surface area contributed by atoms with Crippen LogP contribution >= 0.6 is 0 Å². The molecule has 3 aromatic rings. The third-order valence-corrected chi connectivity index (χ3v) is 5.36. The zero-order valence-corrected chi connectivity index (χ0v) is 18.2. The summed E-state index contributed by atoms with van der Waals surface area (Å²) in [5, 5.41) is 2.79. The second-order valence-electron chi connectivity index (χ2n) is 7.54. The number of nitrogens with zero attached hydrogens (tertiary/aromatic N) is 3. The molecule has 0 bridgehead atoms. The normalized spacial score (nSPS) is 16.0. The summed E-state index contributed by atoms with van der Waals surface area (Å²) in [7, 11) is 1.59. The Hall–Kier alpha value is -3.72. The van der Waals surface area contributed by atoms with Gasteiger partial charge in [0.2, 0.25) is 11.9 Å². The first-order chi connectivity index (χ1) is 15.5. The maximum Gasteiger partial charge on any atom is 0.255 e. The number of morpholine rings is 1. The van der Waals surface area contributed by atoms with E-state index in [1.165, 1.54) is 6.92 Å². The third-order valence-electron chi connectivity index (χ3n) is 5.36. The second kappa shape index (κ2) is 9.19. The van der Waals surface area contributed by atoms with Gasteiger partial charge in [0.1, 0.15) is 11.9 Å². The molecule has 2 N–H and O–H groups in total. The predicted molar refractivity (Wildman–Crippen MR) is 121 cm³/mol. The summed E-state index contributed by atoms with van der Waals surface area (Å²) in [6.45, 7) is 4.70. The van der Waals surface area contributed by atoms with Gasteiger partial charge >= 0.3 is 0 Å². The van der Waals surface area contributed by atoms with E-state index in [9.17, 15) is 9.59 Å². The minimum atomic E-state index is -0.330. The fraction of sp³-hybridized carbons (Fsp3) is 0.304. The topological polar surface area (TPSA) is 109 Å². The van der Waals surface area contributed by atoms with Crippen LogP contribution in [0.15, 0.2) is 47.5 Å².